The molecule has 2 aromatic carbocycles. The van der Waals surface area contributed by atoms with Crippen LogP contribution >= 0.6 is 11.6 Å². The average Bonchev–Trinajstić information content (AvgIpc) is 3.33. The summed E-state index contributed by atoms with van der Waals surface area (Å²) in [7, 11) is 0. The lowest BCUT2D eigenvalue weighted by Crippen LogP contribution is -2.52. The molecule has 0 spiro atoms. The van der Waals surface area contributed by atoms with Crippen LogP contribution in [0.3, 0.4) is 0 Å². The Bertz CT molecular complexity index is 1650. The maximum absolute atomic E-state index is 13.3. The van der Waals surface area contributed by atoms with E-state index < -0.39 is 40.7 Å². The van der Waals surface area contributed by atoms with Crippen LogP contribution < -0.4 is 4.90 Å². The quantitative estimate of drug-likeness (QED) is 0.264. The number of ketones is 1. The highest BCUT2D eigenvalue weighted by Crippen LogP contribution is 2.45. The summed E-state index contributed by atoms with van der Waals surface area (Å²) < 4.78 is 39.5. The van der Waals surface area contributed by atoms with E-state index in [4.69, 9.17) is 16.9 Å². The van der Waals surface area contributed by atoms with Gasteiger partial charge in [0.05, 0.1) is 22.2 Å². The molecule has 5 rings (SSSR count). The number of aromatic nitrogens is 1. The van der Waals surface area contributed by atoms with Crippen LogP contribution in [0.5, 0.6) is 0 Å². The summed E-state index contributed by atoms with van der Waals surface area (Å²) in [4.78, 5) is 52.2. The van der Waals surface area contributed by atoms with E-state index in [9.17, 15) is 42.8 Å². The van der Waals surface area contributed by atoms with Crippen molar-refractivity contribution in [3.05, 3.63) is 110 Å². The number of hydrogen-bond donors (Lipinski definition) is 1. The molecular weight excluding hydrogens is 583 g/mol. The number of carbonyl (C=O) groups excluding carboxylic acids is 2. The number of rotatable bonds is 3. The first-order chi connectivity index (χ1) is 19.8. The summed E-state index contributed by atoms with van der Waals surface area (Å²) >= 11 is 5.49. The van der Waals surface area contributed by atoms with Crippen molar-refractivity contribution in [3.63, 3.8) is 0 Å². The largest absolute Gasteiger partial charge is 0.465 e. The highest BCUT2D eigenvalue weighted by Gasteiger charge is 2.49. The summed E-state index contributed by atoms with van der Waals surface area (Å²) in [5, 5.41) is 29.4. The molecule has 1 atom stereocenters. The minimum Gasteiger partial charge on any atom is -0.465 e. The molecule has 15 heteroatoms. The molecule has 1 N–H and O–H groups in total. The Labute approximate surface area is 239 Å². The first kappa shape index (κ1) is 29.7. The summed E-state index contributed by atoms with van der Waals surface area (Å²) in [6, 6.07) is 12.7. The van der Waals surface area contributed by atoms with Crippen LogP contribution in [0.1, 0.15) is 35.7 Å². The van der Waals surface area contributed by atoms with Crippen molar-refractivity contribution in [2.75, 3.05) is 4.90 Å². The maximum Gasteiger partial charge on any atom is 0.433 e. The van der Waals surface area contributed by atoms with Gasteiger partial charge in [0.2, 0.25) is 0 Å². The van der Waals surface area contributed by atoms with Crippen molar-refractivity contribution in [1.82, 2.24) is 9.88 Å². The lowest BCUT2D eigenvalue weighted by atomic mass is 9.92. The van der Waals surface area contributed by atoms with E-state index in [-0.39, 0.29) is 41.1 Å². The fourth-order valence-corrected chi connectivity index (χ4v) is 4.58. The molecule has 1 aliphatic carbocycles. The maximum atomic E-state index is 13.3. The monoisotopic (exact) mass is 599 g/mol. The van der Waals surface area contributed by atoms with E-state index in [0.717, 1.165) is 17.2 Å². The number of amides is 3. The van der Waals surface area contributed by atoms with Gasteiger partial charge >= 0.3 is 18.3 Å². The van der Waals surface area contributed by atoms with E-state index >= 15 is 0 Å². The third kappa shape index (κ3) is 5.91. The number of alkyl halides is 3. The third-order valence-corrected chi connectivity index (χ3v) is 6.54. The molecule has 1 aliphatic heterocycles. The van der Waals surface area contributed by atoms with E-state index in [1.165, 1.54) is 48.5 Å². The molecule has 3 amide bonds. The number of nitriles is 1. The molecule has 0 fully saturated rings. The highest BCUT2D eigenvalue weighted by atomic mass is 35.5. The number of halogens is 4. The smallest absolute Gasteiger partial charge is 0.433 e. The Morgan fingerprint density at radius 3 is 2.29 bits per heavy atom. The number of hydrogen-bond acceptors (Lipinski definition) is 7. The standard InChI is InChI=1S/C21H13F3N4O4.C6H4ClNO2/c22-21(23,24)16-9-13(7-8-26-16)27-14-5-6-15(29)17(14)18(28(19(27)30)20(31)32)12-3-1-11(10-25)2-4-12;7-5-1-3-6(4-2-5)8(9)10/h1-4,7-9,18H,5-6H2,(H,31,32);1-4H. The van der Waals surface area contributed by atoms with E-state index in [1.807, 2.05) is 6.07 Å². The summed E-state index contributed by atoms with van der Waals surface area (Å²) in [6.45, 7) is 0. The van der Waals surface area contributed by atoms with Gasteiger partial charge in [-0.25, -0.2) is 14.5 Å². The first-order valence-electron chi connectivity index (χ1n) is 11.9. The summed E-state index contributed by atoms with van der Waals surface area (Å²) in [6.07, 6.45) is -5.56. The molecule has 1 unspecified atom stereocenters. The number of carbonyl (C=O) groups is 3. The summed E-state index contributed by atoms with van der Waals surface area (Å²) in [5.41, 5.74) is -0.706. The van der Waals surface area contributed by atoms with Crippen molar-refractivity contribution in [2.45, 2.75) is 25.1 Å². The molecule has 0 radical (unpaired) electrons. The van der Waals surface area contributed by atoms with Gasteiger partial charge in [0.25, 0.3) is 5.69 Å². The van der Waals surface area contributed by atoms with Crippen molar-refractivity contribution in [1.29, 1.82) is 5.26 Å². The second kappa shape index (κ2) is 11.7. The fourth-order valence-electron chi connectivity index (χ4n) is 4.46. The number of carboxylic acid groups (broad SMARTS) is 1. The molecule has 11 nitrogen and oxygen atoms in total. The van der Waals surface area contributed by atoms with Crippen LogP contribution in [-0.2, 0) is 11.0 Å². The number of nitro groups is 1. The lowest BCUT2D eigenvalue weighted by molar-refractivity contribution is -0.384. The highest BCUT2D eigenvalue weighted by molar-refractivity contribution is 6.30. The number of anilines is 1. The van der Waals surface area contributed by atoms with Gasteiger partial charge in [0.1, 0.15) is 11.7 Å². The molecule has 42 heavy (non-hydrogen) atoms. The van der Waals surface area contributed by atoms with Crippen LogP contribution in [0.25, 0.3) is 0 Å². The van der Waals surface area contributed by atoms with Crippen molar-refractivity contribution in [2.24, 2.45) is 0 Å². The molecule has 0 saturated heterocycles. The number of urea groups is 1. The second-order valence-electron chi connectivity index (χ2n) is 8.82. The number of imide groups is 1. The van der Waals surface area contributed by atoms with E-state index in [2.05, 4.69) is 4.98 Å². The Morgan fingerprint density at radius 1 is 1.10 bits per heavy atom. The second-order valence-corrected chi connectivity index (χ2v) is 9.26. The van der Waals surface area contributed by atoms with Gasteiger partial charge in [-0.15, -0.1) is 0 Å². The topological polar surface area (TPSA) is 158 Å². The van der Waals surface area contributed by atoms with Crippen molar-refractivity contribution < 1.29 is 37.6 Å². The van der Waals surface area contributed by atoms with Crippen molar-refractivity contribution >= 4 is 40.9 Å². The molecular formula is C27H17ClF3N5O6. The number of nitro benzene ring substituents is 1. The Balaban J connectivity index is 0.000000343. The Morgan fingerprint density at radius 2 is 1.74 bits per heavy atom. The third-order valence-electron chi connectivity index (χ3n) is 6.29. The number of allylic oxidation sites excluding steroid dienone is 1. The zero-order valence-electron chi connectivity index (χ0n) is 21.1. The molecule has 2 aliphatic rings. The molecule has 3 aromatic rings. The predicted octanol–water partition coefficient (Wildman–Crippen LogP) is 6.50. The number of pyridine rings is 1. The first-order valence-corrected chi connectivity index (χ1v) is 12.3. The Hall–Kier alpha value is -5.29. The van der Waals surface area contributed by atoms with Gasteiger partial charge in [-0.1, -0.05) is 23.7 Å². The Kier molecular flexibility index (Phi) is 8.25. The van der Waals surface area contributed by atoms with Gasteiger partial charge in [-0.05, 0) is 48.4 Å². The van der Waals surface area contributed by atoms with Crippen LogP contribution in [0.15, 0.2) is 78.1 Å². The van der Waals surface area contributed by atoms with Gasteiger partial charge in [-0.2, -0.15) is 18.4 Å². The molecule has 0 bridgehead atoms. The normalized spacial score (nSPS) is 16.4. The summed E-state index contributed by atoms with van der Waals surface area (Å²) in [5.74, 6) is -0.414. The van der Waals surface area contributed by atoms with E-state index in [1.54, 1.807) is 0 Å². The fraction of sp³-hybridized carbons (Fsp3) is 0.148. The minimum atomic E-state index is -4.78. The van der Waals surface area contributed by atoms with Crippen LogP contribution in [0.4, 0.5) is 34.1 Å². The molecule has 0 saturated carbocycles. The van der Waals surface area contributed by atoms with Gasteiger partial charge in [0, 0.05) is 41.0 Å². The lowest BCUT2D eigenvalue weighted by Gasteiger charge is -2.39. The van der Waals surface area contributed by atoms with E-state index in [0.29, 0.717) is 21.6 Å². The predicted molar refractivity (Wildman–Crippen MR) is 140 cm³/mol. The SMILES string of the molecule is N#Cc1ccc(C2C3=C(CCC3=O)N(c3ccnc(C(F)(F)F)c3)C(=O)N2C(=O)O)cc1.O=[N+]([O-])c1ccc(Cl)cc1. The van der Waals surface area contributed by atoms with Gasteiger partial charge in [-0.3, -0.25) is 24.8 Å². The molecule has 1 aromatic heterocycles. The zero-order valence-corrected chi connectivity index (χ0v) is 21.8. The number of non-ortho nitro benzene ring substituents is 1. The number of Topliss-reactive ketones (excluding diaryl/α,β-unsaturated/α-hetero) is 1. The molecule has 2 heterocycles. The number of benzene rings is 2. The zero-order chi connectivity index (χ0) is 30.8. The number of nitrogens with zero attached hydrogens (tertiary/aromatic N) is 5. The van der Waals surface area contributed by atoms with Crippen LogP contribution in [0.2, 0.25) is 5.02 Å². The minimum absolute atomic E-state index is 0.0158. The van der Waals surface area contributed by atoms with Crippen molar-refractivity contribution in [3.8, 4) is 6.07 Å². The van der Waals surface area contributed by atoms with Crippen LogP contribution in [0, 0.1) is 21.4 Å². The van der Waals surface area contributed by atoms with Gasteiger partial charge in [0.15, 0.2) is 5.78 Å². The average molecular weight is 600 g/mol. The molecule has 214 valence electrons. The van der Waals surface area contributed by atoms with Gasteiger partial charge < -0.3 is 5.11 Å². The van der Waals surface area contributed by atoms with Crippen LogP contribution in [-0.4, -0.2) is 37.8 Å².